The highest BCUT2D eigenvalue weighted by molar-refractivity contribution is 7.22. The van der Waals surface area contributed by atoms with Crippen LogP contribution in [-0.2, 0) is 0 Å². The standard InChI is InChI=1S/C23H29N3O3S/c1-15-10-16(2)21-20(11-15)30-23(24-21)26(9-7-8-25(3)4)22(27)17-12-18(28-5)14-19(13-17)29-6/h10-14H,7-9H2,1-6H3. The smallest absolute Gasteiger partial charge is 0.260 e. The number of aromatic nitrogens is 1. The zero-order chi connectivity index (χ0) is 21.8. The molecular formula is C23H29N3O3S. The van der Waals surface area contributed by atoms with Gasteiger partial charge in [0.2, 0.25) is 0 Å². The topological polar surface area (TPSA) is 54.9 Å². The summed E-state index contributed by atoms with van der Waals surface area (Å²) in [5.74, 6) is 1.06. The maximum atomic E-state index is 13.6. The Morgan fingerprint density at radius 2 is 1.67 bits per heavy atom. The summed E-state index contributed by atoms with van der Waals surface area (Å²) in [5, 5.41) is 0.712. The average molecular weight is 428 g/mol. The first-order valence-corrected chi connectivity index (χ1v) is 10.7. The first kappa shape index (κ1) is 22.1. The number of ether oxygens (including phenoxy) is 2. The number of benzene rings is 2. The van der Waals surface area contributed by atoms with Crippen molar-refractivity contribution in [2.45, 2.75) is 20.3 Å². The summed E-state index contributed by atoms with van der Waals surface area (Å²) in [6.07, 6.45) is 0.841. The highest BCUT2D eigenvalue weighted by Crippen LogP contribution is 2.33. The monoisotopic (exact) mass is 427 g/mol. The van der Waals surface area contributed by atoms with Crippen LogP contribution in [-0.4, -0.2) is 57.2 Å². The van der Waals surface area contributed by atoms with E-state index >= 15 is 0 Å². The normalized spacial score (nSPS) is 11.2. The van der Waals surface area contributed by atoms with Crippen LogP contribution in [0.2, 0.25) is 0 Å². The van der Waals surface area contributed by atoms with Crippen molar-refractivity contribution >= 4 is 32.6 Å². The Balaban J connectivity index is 2.02. The lowest BCUT2D eigenvalue weighted by molar-refractivity contribution is 0.0985. The average Bonchev–Trinajstić information content (AvgIpc) is 3.14. The number of fused-ring (bicyclic) bond motifs is 1. The summed E-state index contributed by atoms with van der Waals surface area (Å²) in [4.78, 5) is 22.3. The lowest BCUT2D eigenvalue weighted by atomic mass is 10.1. The summed E-state index contributed by atoms with van der Waals surface area (Å²) >= 11 is 1.55. The van der Waals surface area contributed by atoms with Crippen molar-refractivity contribution in [2.24, 2.45) is 0 Å². The molecule has 0 N–H and O–H groups in total. The highest BCUT2D eigenvalue weighted by Gasteiger charge is 2.23. The molecule has 1 heterocycles. The Hall–Kier alpha value is -2.64. The first-order chi connectivity index (χ1) is 14.3. The minimum atomic E-state index is -0.112. The molecule has 7 heteroatoms. The number of amides is 1. The predicted molar refractivity (Wildman–Crippen MR) is 123 cm³/mol. The van der Waals surface area contributed by atoms with Gasteiger partial charge in [-0.1, -0.05) is 17.4 Å². The Morgan fingerprint density at radius 1 is 1.00 bits per heavy atom. The molecule has 30 heavy (non-hydrogen) atoms. The van der Waals surface area contributed by atoms with Gasteiger partial charge in [-0.25, -0.2) is 4.98 Å². The molecule has 160 valence electrons. The van der Waals surface area contributed by atoms with E-state index in [2.05, 4.69) is 30.9 Å². The molecular weight excluding hydrogens is 398 g/mol. The second-order valence-electron chi connectivity index (χ2n) is 7.64. The van der Waals surface area contributed by atoms with Crippen molar-refractivity contribution in [3.8, 4) is 11.5 Å². The van der Waals surface area contributed by atoms with Crippen molar-refractivity contribution in [3.05, 3.63) is 47.0 Å². The lowest BCUT2D eigenvalue weighted by Gasteiger charge is -2.21. The van der Waals surface area contributed by atoms with Gasteiger partial charge < -0.3 is 14.4 Å². The number of carbonyl (C=O) groups is 1. The summed E-state index contributed by atoms with van der Waals surface area (Å²) in [7, 11) is 7.22. The molecule has 3 aromatic rings. The zero-order valence-corrected chi connectivity index (χ0v) is 19.3. The Kier molecular flexibility index (Phi) is 6.95. The van der Waals surface area contributed by atoms with Crippen LogP contribution in [0.4, 0.5) is 5.13 Å². The number of hydrogen-bond donors (Lipinski definition) is 0. The number of rotatable bonds is 8. The lowest BCUT2D eigenvalue weighted by Crippen LogP contribution is -2.33. The van der Waals surface area contributed by atoms with E-state index in [0.29, 0.717) is 28.7 Å². The fraction of sp³-hybridized carbons (Fsp3) is 0.391. The Labute approximate surface area is 182 Å². The van der Waals surface area contributed by atoms with E-state index < -0.39 is 0 Å². The van der Waals surface area contributed by atoms with Gasteiger partial charge in [0.25, 0.3) is 5.91 Å². The predicted octanol–water partition coefficient (Wildman–Crippen LogP) is 4.53. The quantitative estimate of drug-likeness (QED) is 0.529. The number of aryl methyl sites for hydroxylation is 2. The van der Waals surface area contributed by atoms with E-state index in [0.717, 1.165) is 28.7 Å². The van der Waals surface area contributed by atoms with Gasteiger partial charge in [-0.15, -0.1) is 0 Å². The molecule has 0 spiro atoms. The molecule has 0 radical (unpaired) electrons. The zero-order valence-electron chi connectivity index (χ0n) is 18.5. The van der Waals surface area contributed by atoms with E-state index in [-0.39, 0.29) is 5.91 Å². The molecule has 2 aromatic carbocycles. The van der Waals surface area contributed by atoms with Gasteiger partial charge in [-0.05, 0) is 70.2 Å². The number of thiazole rings is 1. The van der Waals surface area contributed by atoms with Crippen LogP contribution in [0, 0.1) is 13.8 Å². The van der Waals surface area contributed by atoms with Crippen LogP contribution in [0.1, 0.15) is 27.9 Å². The van der Waals surface area contributed by atoms with E-state index in [4.69, 9.17) is 14.5 Å². The van der Waals surface area contributed by atoms with Crippen LogP contribution >= 0.6 is 11.3 Å². The fourth-order valence-electron chi connectivity index (χ4n) is 3.39. The largest absolute Gasteiger partial charge is 0.497 e. The molecule has 0 saturated heterocycles. The summed E-state index contributed by atoms with van der Waals surface area (Å²) in [6.45, 7) is 5.60. The number of methoxy groups -OCH3 is 2. The molecule has 0 aliphatic rings. The van der Waals surface area contributed by atoms with E-state index in [9.17, 15) is 4.79 Å². The number of nitrogens with zero attached hydrogens (tertiary/aromatic N) is 3. The number of carbonyl (C=O) groups excluding carboxylic acids is 1. The van der Waals surface area contributed by atoms with Crippen molar-refractivity contribution in [2.75, 3.05) is 46.3 Å². The maximum absolute atomic E-state index is 13.6. The van der Waals surface area contributed by atoms with Gasteiger partial charge in [0.15, 0.2) is 5.13 Å². The SMILES string of the molecule is COc1cc(OC)cc(C(=O)N(CCCN(C)C)c2nc3c(C)cc(C)cc3s2)c1. The third-order valence-corrected chi connectivity index (χ3v) is 5.91. The Morgan fingerprint density at radius 3 is 2.27 bits per heavy atom. The fourth-order valence-corrected chi connectivity index (χ4v) is 4.56. The van der Waals surface area contributed by atoms with Crippen LogP contribution in [0.25, 0.3) is 10.2 Å². The van der Waals surface area contributed by atoms with Crippen molar-refractivity contribution in [1.82, 2.24) is 9.88 Å². The first-order valence-electron chi connectivity index (χ1n) is 9.90. The van der Waals surface area contributed by atoms with Crippen LogP contribution in [0.5, 0.6) is 11.5 Å². The van der Waals surface area contributed by atoms with Crippen LogP contribution < -0.4 is 14.4 Å². The van der Waals surface area contributed by atoms with Crippen LogP contribution in [0.15, 0.2) is 30.3 Å². The maximum Gasteiger partial charge on any atom is 0.260 e. The molecule has 3 rings (SSSR count). The van der Waals surface area contributed by atoms with Gasteiger partial charge in [-0.2, -0.15) is 0 Å². The van der Waals surface area contributed by atoms with Gasteiger partial charge >= 0.3 is 0 Å². The second-order valence-corrected chi connectivity index (χ2v) is 8.65. The Bertz CT molecular complexity index is 1020. The van der Waals surface area contributed by atoms with Crippen molar-refractivity contribution in [1.29, 1.82) is 0 Å². The van der Waals surface area contributed by atoms with E-state index in [1.54, 1.807) is 48.7 Å². The molecule has 0 atom stereocenters. The molecule has 6 nitrogen and oxygen atoms in total. The molecule has 0 unspecified atom stereocenters. The number of hydrogen-bond acceptors (Lipinski definition) is 6. The molecule has 0 aliphatic carbocycles. The van der Waals surface area contributed by atoms with Gasteiger partial charge in [0.1, 0.15) is 11.5 Å². The molecule has 0 aliphatic heterocycles. The second kappa shape index (κ2) is 9.45. The van der Waals surface area contributed by atoms with Gasteiger partial charge in [0.05, 0.1) is 24.4 Å². The minimum Gasteiger partial charge on any atom is -0.497 e. The summed E-state index contributed by atoms with van der Waals surface area (Å²) in [6, 6.07) is 9.49. The van der Waals surface area contributed by atoms with E-state index in [1.807, 2.05) is 14.1 Å². The highest BCUT2D eigenvalue weighted by atomic mass is 32.1. The molecule has 0 bridgehead atoms. The molecule has 0 fully saturated rings. The van der Waals surface area contributed by atoms with Gasteiger partial charge in [0, 0.05) is 18.2 Å². The third kappa shape index (κ3) is 4.91. The van der Waals surface area contributed by atoms with Crippen LogP contribution in [0.3, 0.4) is 0 Å². The summed E-state index contributed by atoms with van der Waals surface area (Å²) < 4.78 is 11.8. The summed E-state index contributed by atoms with van der Waals surface area (Å²) in [5.41, 5.74) is 3.78. The van der Waals surface area contributed by atoms with Crippen molar-refractivity contribution < 1.29 is 14.3 Å². The molecule has 0 saturated carbocycles. The molecule has 1 amide bonds. The minimum absolute atomic E-state index is 0.112. The van der Waals surface area contributed by atoms with Gasteiger partial charge in [-0.3, -0.25) is 9.69 Å². The van der Waals surface area contributed by atoms with E-state index in [1.165, 1.54) is 5.56 Å². The van der Waals surface area contributed by atoms with Crippen molar-refractivity contribution in [3.63, 3.8) is 0 Å². The molecule has 1 aromatic heterocycles. The third-order valence-electron chi connectivity index (χ3n) is 4.88. The number of anilines is 1.